The number of alkyl halides is 3. The van der Waals surface area contributed by atoms with Gasteiger partial charge < -0.3 is 10.6 Å². The number of rotatable bonds is 6. The molecule has 0 aliphatic heterocycles. The van der Waals surface area contributed by atoms with Gasteiger partial charge in [-0.05, 0) is 42.9 Å². The minimum absolute atomic E-state index is 0.0724. The number of thiocarbonyl (C=S) groups is 1. The van der Waals surface area contributed by atoms with Gasteiger partial charge in [0.15, 0.2) is 10.8 Å². The monoisotopic (exact) mass is 452 g/mol. The van der Waals surface area contributed by atoms with Gasteiger partial charge in [0.2, 0.25) is 0 Å². The van der Waals surface area contributed by atoms with E-state index in [2.05, 4.69) is 15.7 Å². The maximum atomic E-state index is 13.1. The van der Waals surface area contributed by atoms with E-state index in [0.717, 1.165) is 29.3 Å². The van der Waals surface area contributed by atoms with Crippen molar-refractivity contribution in [2.45, 2.75) is 37.9 Å². The van der Waals surface area contributed by atoms with Crippen molar-refractivity contribution in [2.75, 3.05) is 11.9 Å². The minimum atomic E-state index is -4.55. The third kappa shape index (κ3) is 4.54. The molecule has 1 fully saturated rings. The third-order valence-corrected chi connectivity index (χ3v) is 5.65. The largest absolute Gasteiger partial charge is 0.436 e. The average molecular weight is 453 g/mol. The third-order valence-electron chi connectivity index (χ3n) is 5.03. The second kappa shape index (κ2) is 8.43. The lowest BCUT2D eigenvalue weighted by molar-refractivity contribution is -0.141. The number of hydrogen-bond donors (Lipinski definition) is 2. The predicted octanol–water partition coefficient (Wildman–Crippen LogP) is 5.96. The van der Waals surface area contributed by atoms with Gasteiger partial charge in [-0.25, -0.2) is 0 Å². The summed E-state index contributed by atoms with van der Waals surface area (Å²) >= 11 is 11.4. The first-order valence-electron chi connectivity index (χ1n) is 9.70. The molecule has 1 heterocycles. The number of nitrogens with one attached hydrogen (secondary N) is 2. The number of aromatic nitrogens is 2. The quantitative estimate of drug-likeness (QED) is 0.357. The van der Waals surface area contributed by atoms with E-state index in [-0.39, 0.29) is 10.9 Å². The molecule has 0 saturated heterocycles. The molecule has 9 heteroatoms. The van der Waals surface area contributed by atoms with Crippen molar-refractivity contribution < 1.29 is 13.2 Å². The van der Waals surface area contributed by atoms with Crippen molar-refractivity contribution >= 4 is 45.4 Å². The van der Waals surface area contributed by atoms with Gasteiger partial charge in [-0.2, -0.15) is 18.3 Å². The summed E-state index contributed by atoms with van der Waals surface area (Å²) in [6.45, 7) is 0.838. The summed E-state index contributed by atoms with van der Waals surface area (Å²) in [4.78, 5) is 0. The molecule has 0 amide bonds. The Labute approximate surface area is 182 Å². The van der Waals surface area contributed by atoms with E-state index in [4.69, 9.17) is 23.8 Å². The van der Waals surface area contributed by atoms with Crippen molar-refractivity contribution in [3.63, 3.8) is 0 Å². The zero-order chi connectivity index (χ0) is 21.3. The van der Waals surface area contributed by atoms with E-state index in [1.54, 1.807) is 0 Å². The van der Waals surface area contributed by atoms with Crippen LogP contribution < -0.4 is 10.6 Å². The van der Waals surface area contributed by atoms with E-state index in [1.165, 1.54) is 4.68 Å². The smallest absolute Gasteiger partial charge is 0.362 e. The molecule has 2 N–H and O–H groups in total. The Morgan fingerprint density at radius 3 is 2.63 bits per heavy atom. The molecule has 4 rings (SSSR count). The molecule has 4 nitrogen and oxygen atoms in total. The highest BCUT2D eigenvalue weighted by molar-refractivity contribution is 7.80. The van der Waals surface area contributed by atoms with Gasteiger partial charge in [-0.3, -0.25) is 4.68 Å². The van der Waals surface area contributed by atoms with Crippen LogP contribution >= 0.6 is 23.8 Å². The predicted molar refractivity (Wildman–Crippen MR) is 117 cm³/mol. The Morgan fingerprint density at radius 1 is 1.17 bits per heavy atom. The molecule has 2 aromatic carbocycles. The molecule has 1 aliphatic rings. The molecule has 0 spiro atoms. The Bertz CT molecular complexity index is 1070. The molecule has 0 unspecified atom stereocenters. The van der Waals surface area contributed by atoms with Crippen LogP contribution in [0.2, 0.25) is 5.02 Å². The highest BCUT2D eigenvalue weighted by Crippen LogP contribution is 2.46. The first kappa shape index (κ1) is 20.9. The maximum absolute atomic E-state index is 13.1. The van der Waals surface area contributed by atoms with E-state index < -0.39 is 11.9 Å². The summed E-state index contributed by atoms with van der Waals surface area (Å²) in [6.07, 6.45) is -2.29. The van der Waals surface area contributed by atoms with Crippen LogP contribution in [0.15, 0.2) is 42.5 Å². The van der Waals surface area contributed by atoms with E-state index in [1.807, 2.05) is 42.5 Å². The van der Waals surface area contributed by atoms with Crippen LogP contribution in [0.1, 0.15) is 36.6 Å². The molecular formula is C21H20ClF3N4S. The first-order chi connectivity index (χ1) is 14.3. The fourth-order valence-electron chi connectivity index (χ4n) is 3.48. The van der Waals surface area contributed by atoms with Crippen molar-refractivity contribution in [3.05, 3.63) is 58.9 Å². The number of hydrogen-bond acceptors (Lipinski definition) is 2. The van der Waals surface area contributed by atoms with Crippen LogP contribution in [-0.4, -0.2) is 21.4 Å². The van der Waals surface area contributed by atoms with Crippen LogP contribution in [0, 0.1) is 0 Å². The number of aryl methyl sites for hydroxylation is 1. The fourth-order valence-corrected chi connectivity index (χ4v) is 4.09. The van der Waals surface area contributed by atoms with Gasteiger partial charge in [0.05, 0.1) is 10.7 Å². The van der Waals surface area contributed by atoms with Gasteiger partial charge in [-0.1, -0.05) is 48.0 Å². The standard InChI is InChI=1S/C21H20ClF3N4S/c22-17-18(14-9-10-14)29(28-19(17)21(23,24)25)12-4-11-26-20(30)27-16-8-3-6-13-5-1-2-7-15(13)16/h1-3,5-8,14H,4,9-12H2,(H2,26,27,30). The highest BCUT2D eigenvalue weighted by atomic mass is 35.5. The lowest BCUT2D eigenvalue weighted by atomic mass is 10.1. The topological polar surface area (TPSA) is 41.9 Å². The maximum Gasteiger partial charge on any atom is 0.436 e. The van der Waals surface area contributed by atoms with Crippen molar-refractivity contribution in [2.24, 2.45) is 0 Å². The van der Waals surface area contributed by atoms with E-state index >= 15 is 0 Å². The summed E-state index contributed by atoms with van der Waals surface area (Å²) in [5.74, 6) is 0.0724. The number of fused-ring (bicyclic) bond motifs is 1. The second-order valence-corrected chi connectivity index (χ2v) is 8.09. The van der Waals surface area contributed by atoms with Gasteiger partial charge >= 0.3 is 6.18 Å². The lowest BCUT2D eigenvalue weighted by Crippen LogP contribution is -2.30. The van der Waals surface area contributed by atoms with Gasteiger partial charge in [-0.15, -0.1) is 0 Å². The Morgan fingerprint density at radius 2 is 1.90 bits per heavy atom. The van der Waals surface area contributed by atoms with Crippen LogP contribution in [-0.2, 0) is 12.7 Å². The van der Waals surface area contributed by atoms with Gasteiger partial charge in [0, 0.05) is 30.1 Å². The zero-order valence-corrected chi connectivity index (χ0v) is 17.5. The number of anilines is 1. The molecule has 3 aromatic rings. The molecule has 1 aliphatic carbocycles. The summed E-state index contributed by atoms with van der Waals surface area (Å²) in [7, 11) is 0. The van der Waals surface area contributed by atoms with Crippen LogP contribution in [0.3, 0.4) is 0 Å². The van der Waals surface area contributed by atoms with E-state index in [0.29, 0.717) is 30.3 Å². The number of halogens is 4. The zero-order valence-electron chi connectivity index (χ0n) is 16.0. The molecule has 0 atom stereocenters. The summed E-state index contributed by atoms with van der Waals surface area (Å²) in [6, 6.07) is 13.9. The van der Waals surface area contributed by atoms with Crippen molar-refractivity contribution in [1.29, 1.82) is 0 Å². The second-order valence-electron chi connectivity index (χ2n) is 7.30. The summed E-state index contributed by atoms with van der Waals surface area (Å²) < 4.78 is 40.8. The lowest BCUT2D eigenvalue weighted by Gasteiger charge is -2.13. The summed E-state index contributed by atoms with van der Waals surface area (Å²) in [5, 5.41) is 12.4. The van der Waals surface area contributed by atoms with Crippen molar-refractivity contribution in [3.8, 4) is 0 Å². The molecule has 1 saturated carbocycles. The normalized spacial score (nSPS) is 14.1. The Balaban J connectivity index is 1.35. The van der Waals surface area contributed by atoms with Crippen LogP contribution in [0.4, 0.5) is 18.9 Å². The number of nitrogens with zero attached hydrogens (tertiary/aromatic N) is 2. The molecule has 1 aromatic heterocycles. The molecule has 30 heavy (non-hydrogen) atoms. The highest BCUT2D eigenvalue weighted by Gasteiger charge is 2.41. The van der Waals surface area contributed by atoms with Crippen LogP contribution in [0.25, 0.3) is 10.8 Å². The molecule has 158 valence electrons. The van der Waals surface area contributed by atoms with Crippen molar-refractivity contribution in [1.82, 2.24) is 15.1 Å². The van der Waals surface area contributed by atoms with Crippen LogP contribution in [0.5, 0.6) is 0 Å². The molecule has 0 radical (unpaired) electrons. The van der Waals surface area contributed by atoms with Gasteiger partial charge in [0.1, 0.15) is 0 Å². The van der Waals surface area contributed by atoms with E-state index in [9.17, 15) is 13.2 Å². The molecular weight excluding hydrogens is 433 g/mol. The van der Waals surface area contributed by atoms with Gasteiger partial charge in [0.25, 0.3) is 0 Å². The Kier molecular flexibility index (Phi) is 5.88. The fraction of sp³-hybridized carbons (Fsp3) is 0.333. The minimum Gasteiger partial charge on any atom is -0.362 e. The Hall–Kier alpha value is -2.32. The SMILES string of the molecule is FC(F)(F)c1nn(CCCNC(=S)Nc2cccc3ccccc23)c(C2CC2)c1Cl. The number of benzene rings is 2. The summed E-state index contributed by atoms with van der Waals surface area (Å²) in [5.41, 5.74) is 0.405. The average Bonchev–Trinajstić information content (AvgIpc) is 3.47. The first-order valence-corrected chi connectivity index (χ1v) is 10.5. The molecule has 0 bridgehead atoms.